The van der Waals surface area contributed by atoms with Crippen LogP contribution in [-0.2, 0) is 10.0 Å². The maximum Gasteiger partial charge on any atom is 0.249 e. The fourth-order valence-electron chi connectivity index (χ4n) is 2.95. The number of sulfonamides is 1. The molecule has 1 aromatic heterocycles. The minimum Gasteiger partial charge on any atom is -0.348 e. The molecule has 2 aromatic rings. The first-order valence-electron chi connectivity index (χ1n) is 7.24. The molecule has 5 nitrogen and oxygen atoms in total. The molecule has 1 saturated heterocycles. The smallest absolute Gasteiger partial charge is 0.249 e. The van der Waals surface area contributed by atoms with Crippen molar-refractivity contribution in [1.29, 1.82) is 0 Å². The number of aromatic nitrogens is 1. The maximum atomic E-state index is 11.3. The van der Waals surface area contributed by atoms with Crippen LogP contribution in [0.2, 0.25) is 0 Å². The zero-order chi connectivity index (χ0) is 15.7. The molecule has 0 aliphatic carbocycles. The van der Waals surface area contributed by atoms with Gasteiger partial charge >= 0.3 is 0 Å². The summed E-state index contributed by atoms with van der Waals surface area (Å²) in [5.41, 5.74) is 2.76. The van der Waals surface area contributed by atoms with Crippen molar-refractivity contribution in [2.75, 3.05) is 18.0 Å². The summed E-state index contributed by atoms with van der Waals surface area (Å²) in [6.45, 7) is 3.92. The largest absolute Gasteiger partial charge is 0.348 e. The van der Waals surface area contributed by atoms with E-state index in [1.807, 2.05) is 0 Å². The first-order chi connectivity index (χ1) is 10.4. The lowest BCUT2D eigenvalue weighted by Crippen LogP contribution is -2.32. The van der Waals surface area contributed by atoms with Gasteiger partial charge in [-0.3, -0.25) is 0 Å². The van der Waals surface area contributed by atoms with Gasteiger partial charge in [-0.15, -0.1) is 0 Å². The maximum absolute atomic E-state index is 11.3. The van der Waals surface area contributed by atoms with E-state index >= 15 is 0 Å². The van der Waals surface area contributed by atoms with Crippen molar-refractivity contribution in [3.05, 3.63) is 41.6 Å². The average molecular weight is 337 g/mol. The predicted molar refractivity (Wildman–Crippen MR) is 88.9 cm³/mol. The summed E-state index contributed by atoms with van der Waals surface area (Å²) in [6.07, 6.45) is 3.45. The lowest BCUT2D eigenvalue weighted by Gasteiger charge is -2.32. The van der Waals surface area contributed by atoms with Crippen LogP contribution in [0.15, 0.2) is 34.7 Å². The third-order valence-electron chi connectivity index (χ3n) is 4.15. The second kappa shape index (κ2) is 5.98. The standard InChI is InChI=1S/C15H19N3O2S2/c1-11-4-2-3-5-13(11)12-6-8-18(9-7-12)15-17-10-14(21-15)22(16,19)20/h2-5,10,12H,6-9H2,1H3,(H2,16,19,20). The third-order valence-corrected chi connectivity index (χ3v) is 6.61. The molecular weight excluding hydrogens is 318 g/mol. The van der Waals surface area contributed by atoms with Gasteiger partial charge in [0.15, 0.2) is 9.34 Å². The lowest BCUT2D eigenvalue weighted by atomic mass is 9.87. The lowest BCUT2D eigenvalue weighted by molar-refractivity contribution is 0.503. The fraction of sp³-hybridized carbons (Fsp3) is 0.400. The molecule has 0 unspecified atom stereocenters. The molecule has 2 N–H and O–H groups in total. The van der Waals surface area contributed by atoms with Gasteiger partial charge in [0.2, 0.25) is 10.0 Å². The van der Waals surface area contributed by atoms with Crippen LogP contribution >= 0.6 is 11.3 Å². The summed E-state index contributed by atoms with van der Waals surface area (Å²) >= 11 is 1.15. The van der Waals surface area contributed by atoms with Gasteiger partial charge < -0.3 is 4.90 Å². The van der Waals surface area contributed by atoms with E-state index in [0.717, 1.165) is 42.4 Å². The van der Waals surface area contributed by atoms with E-state index in [2.05, 4.69) is 41.1 Å². The highest BCUT2D eigenvalue weighted by molar-refractivity contribution is 7.91. The predicted octanol–water partition coefficient (Wildman–Crippen LogP) is 2.48. The Labute approximate surface area is 134 Å². The number of thiazole rings is 1. The molecule has 3 rings (SSSR count). The van der Waals surface area contributed by atoms with Crippen LogP contribution < -0.4 is 10.0 Å². The normalized spacial score (nSPS) is 16.9. The SMILES string of the molecule is Cc1ccccc1C1CCN(c2ncc(S(N)(=O)=O)s2)CC1. The molecule has 2 heterocycles. The number of hydrogen-bond donors (Lipinski definition) is 1. The second-order valence-electron chi connectivity index (χ2n) is 5.62. The number of aryl methyl sites for hydroxylation is 1. The molecule has 0 saturated carbocycles. The van der Waals surface area contributed by atoms with E-state index in [9.17, 15) is 8.42 Å². The van der Waals surface area contributed by atoms with Crippen molar-refractivity contribution < 1.29 is 8.42 Å². The van der Waals surface area contributed by atoms with Crippen LogP contribution in [0.5, 0.6) is 0 Å². The summed E-state index contributed by atoms with van der Waals surface area (Å²) in [6, 6.07) is 8.52. The van der Waals surface area contributed by atoms with Crippen LogP contribution in [0.1, 0.15) is 29.9 Å². The van der Waals surface area contributed by atoms with E-state index in [1.54, 1.807) is 0 Å². The van der Waals surface area contributed by atoms with E-state index < -0.39 is 10.0 Å². The van der Waals surface area contributed by atoms with Crippen LogP contribution in [0.3, 0.4) is 0 Å². The van der Waals surface area contributed by atoms with Gasteiger partial charge in [0.05, 0.1) is 6.20 Å². The molecule has 0 atom stereocenters. The number of anilines is 1. The highest BCUT2D eigenvalue weighted by Gasteiger charge is 2.24. The van der Waals surface area contributed by atoms with Crippen LogP contribution in [0.4, 0.5) is 5.13 Å². The number of benzene rings is 1. The molecule has 1 aliphatic rings. The van der Waals surface area contributed by atoms with Crippen molar-refractivity contribution in [2.45, 2.75) is 29.9 Å². The third kappa shape index (κ3) is 3.16. The first-order valence-corrected chi connectivity index (χ1v) is 9.60. The summed E-state index contributed by atoms with van der Waals surface area (Å²) in [7, 11) is -3.65. The number of piperidine rings is 1. The topological polar surface area (TPSA) is 76.3 Å². The van der Waals surface area contributed by atoms with Crippen molar-refractivity contribution in [3.8, 4) is 0 Å². The van der Waals surface area contributed by atoms with Crippen molar-refractivity contribution in [2.24, 2.45) is 5.14 Å². The summed E-state index contributed by atoms with van der Waals surface area (Å²) in [5.74, 6) is 0.565. The molecule has 118 valence electrons. The number of primary sulfonamides is 1. The molecule has 0 amide bonds. The van der Waals surface area contributed by atoms with E-state index in [-0.39, 0.29) is 4.21 Å². The minimum atomic E-state index is -3.65. The quantitative estimate of drug-likeness (QED) is 0.933. The molecule has 22 heavy (non-hydrogen) atoms. The Morgan fingerprint density at radius 2 is 1.95 bits per heavy atom. The highest BCUT2D eigenvalue weighted by Crippen LogP contribution is 2.34. The second-order valence-corrected chi connectivity index (χ2v) is 8.42. The molecule has 1 aromatic carbocycles. The van der Waals surface area contributed by atoms with Crippen molar-refractivity contribution >= 4 is 26.5 Å². The highest BCUT2D eigenvalue weighted by atomic mass is 32.2. The van der Waals surface area contributed by atoms with Gasteiger partial charge in [-0.05, 0) is 36.8 Å². The number of hydrogen-bond acceptors (Lipinski definition) is 5. The van der Waals surface area contributed by atoms with Crippen molar-refractivity contribution in [1.82, 2.24) is 4.98 Å². The first kappa shape index (κ1) is 15.5. The number of nitrogens with zero attached hydrogens (tertiary/aromatic N) is 2. The molecule has 7 heteroatoms. The average Bonchev–Trinajstić information content (AvgIpc) is 2.98. The van der Waals surface area contributed by atoms with Crippen LogP contribution in [-0.4, -0.2) is 26.5 Å². The number of rotatable bonds is 3. The van der Waals surface area contributed by atoms with E-state index in [0.29, 0.717) is 5.92 Å². The Morgan fingerprint density at radius 3 is 2.55 bits per heavy atom. The van der Waals surface area contributed by atoms with E-state index in [1.165, 1.54) is 17.3 Å². The van der Waals surface area contributed by atoms with Crippen LogP contribution in [0, 0.1) is 6.92 Å². The van der Waals surface area contributed by atoms with Gasteiger partial charge in [-0.2, -0.15) is 0 Å². The Hall–Kier alpha value is -1.44. The molecule has 0 radical (unpaired) electrons. The molecule has 1 fully saturated rings. The molecule has 1 aliphatic heterocycles. The fourth-order valence-corrected chi connectivity index (χ4v) is 4.55. The zero-order valence-corrected chi connectivity index (χ0v) is 14.0. The van der Waals surface area contributed by atoms with Gasteiger partial charge in [0.1, 0.15) is 0 Å². The Morgan fingerprint density at radius 1 is 1.27 bits per heavy atom. The van der Waals surface area contributed by atoms with Gasteiger partial charge in [0, 0.05) is 13.1 Å². The van der Waals surface area contributed by atoms with Gasteiger partial charge in [-0.1, -0.05) is 35.6 Å². The summed E-state index contributed by atoms with van der Waals surface area (Å²) in [4.78, 5) is 6.35. The number of nitrogens with two attached hydrogens (primary N) is 1. The summed E-state index contributed by atoms with van der Waals surface area (Å²) in [5, 5.41) is 5.88. The molecule has 0 bridgehead atoms. The van der Waals surface area contributed by atoms with Crippen molar-refractivity contribution in [3.63, 3.8) is 0 Å². The molecule has 0 spiro atoms. The monoisotopic (exact) mass is 337 g/mol. The summed E-state index contributed by atoms with van der Waals surface area (Å²) < 4.78 is 22.8. The Kier molecular flexibility index (Phi) is 4.20. The zero-order valence-electron chi connectivity index (χ0n) is 12.4. The minimum absolute atomic E-state index is 0.128. The van der Waals surface area contributed by atoms with E-state index in [4.69, 9.17) is 5.14 Å². The Balaban J connectivity index is 1.70. The molecular formula is C15H19N3O2S2. The Bertz CT molecular complexity index is 763. The van der Waals surface area contributed by atoms with Gasteiger partial charge in [-0.25, -0.2) is 18.5 Å². The van der Waals surface area contributed by atoms with Gasteiger partial charge in [0.25, 0.3) is 0 Å². The van der Waals surface area contributed by atoms with Crippen LogP contribution in [0.25, 0.3) is 0 Å².